The van der Waals surface area contributed by atoms with Crippen LogP contribution in [0.3, 0.4) is 0 Å². The van der Waals surface area contributed by atoms with Gasteiger partial charge in [0.05, 0.1) is 0 Å². The number of carboxylic acid groups (broad SMARTS) is 2. The van der Waals surface area contributed by atoms with E-state index in [1.165, 1.54) is 0 Å². The Hall–Kier alpha value is -0.0600. The maximum absolute atomic E-state index is 10.0. The molecule has 0 fully saturated rings. The van der Waals surface area contributed by atoms with E-state index in [4.69, 9.17) is 10.2 Å². The fourth-order valence-corrected chi connectivity index (χ4v) is 0.906. The van der Waals surface area contributed by atoms with Crippen LogP contribution in [0, 0.1) is 0 Å². The number of hydrogen-bond acceptors (Lipinski definition) is 2. The SMILES string of the molecule is O=C(O)CCCCCCC(=O)O.[H-].[Na+]. The maximum atomic E-state index is 10.0. The molecule has 0 heterocycles. The van der Waals surface area contributed by atoms with Gasteiger partial charge in [-0.25, -0.2) is 0 Å². The first-order valence-electron chi connectivity index (χ1n) is 4.06. The zero-order chi connectivity index (χ0) is 9.40. The van der Waals surface area contributed by atoms with Crippen molar-refractivity contribution in [2.75, 3.05) is 0 Å². The molecule has 0 spiro atoms. The molecule has 0 saturated heterocycles. The summed E-state index contributed by atoms with van der Waals surface area (Å²) in [5.41, 5.74) is 0. The molecular formula is C8H15NaO4. The first kappa shape index (κ1) is 15.4. The fraction of sp³-hybridized carbons (Fsp3) is 0.750. The third-order valence-corrected chi connectivity index (χ3v) is 1.53. The second-order valence-corrected chi connectivity index (χ2v) is 2.70. The van der Waals surface area contributed by atoms with Crippen LogP contribution in [0.1, 0.15) is 40.0 Å². The van der Waals surface area contributed by atoms with Crippen molar-refractivity contribution in [1.29, 1.82) is 0 Å². The largest absolute Gasteiger partial charge is 1.00 e. The number of rotatable bonds is 7. The first-order valence-corrected chi connectivity index (χ1v) is 4.06. The zero-order valence-corrected chi connectivity index (χ0v) is 9.95. The van der Waals surface area contributed by atoms with Gasteiger partial charge in [0.1, 0.15) is 0 Å². The number of hydrogen-bond donors (Lipinski definition) is 2. The van der Waals surface area contributed by atoms with Crippen LogP contribution in [0.2, 0.25) is 0 Å². The Morgan fingerprint density at radius 2 is 1.15 bits per heavy atom. The average molecular weight is 198 g/mol. The smallest absolute Gasteiger partial charge is 1.00 e. The van der Waals surface area contributed by atoms with E-state index in [2.05, 4.69) is 0 Å². The van der Waals surface area contributed by atoms with Crippen LogP contribution in [-0.4, -0.2) is 22.2 Å². The van der Waals surface area contributed by atoms with E-state index in [-0.39, 0.29) is 43.8 Å². The fourth-order valence-electron chi connectivity index (χ4n) is 0.906. The van der Waals surface area contributed by atoms with E-state index in [0.29, 0.717) is 12.8 Å². The predicted octanol–water partition coefficient (Wildman–Crippen LogP) is -1.39. The van der Waals surface area contributed by atoms with Crippen LogP contribution >= 0.6 is 0 Å². The van der Waals surface area contributed by atoms with Gasteiger partial charge in [-0.05, 0) is 12.8 Å². The molecule has 0 unspecified atom stereocenters. The molecular weight excluding hydrogens is 183 g/mol. The van der Waals surface area contributed by atoms with Crippen LogP contribution < -0.4 is 29.6 Å². The van der Waals surface area contributed by atoms with Crippen LogP contribution in [0.5, 0.6) is 0 Å². The quantitative estimate of drug-likeness (QED) is 0.390. The van der Waals surface area contributed by atoms with Crippen molar-refractivity contribution in [2.45, 2.75) is 38.5 Å². The van der Waals surface area contributed by atoms with Gasteiger partial charge in [0.25, 0.3) is 0 Å². The molecule has 2 N–H and O–H groups in total. The van der Waals surface area contributed by atoms with Gasteiger partial charge >= 0.3 is 41.5 Å². The summed E-state index contributed by atoms with van der Waals surface area (Å²) in [7, 11) is 0. The average Bonchev–Trinajstić information content (AvgIpc) is 1.95. The summed E-state index contributed by atoms with van der Waals surface area (Å²) < 4.78 is 0. The minimum absolute atomic E-state index is 0. The number of unbranched alkanes of at least 4 members (excludes halogenated alkanes) is 3. The summed E-state index contributed by atoms with van der Waals surface area (Å²) >= 11 is 0. The van der Waals surface area contributed by atoms with Crippen molar-refractivity contribution in [2.24, 2.45) is 0 Å². The third kappa shape index (κ3) is 14.8. The molecule has 0 saturated carbocycles. The topological polar surface area (TPSA) is 74.6 Å². The van der Waals surface area contributed by atoms with Crippen molar-refractivity contribution >= 4 is 11.9 Å². The molecule has 0 aromatic heterocycles. The molecule has 0 aliphatic heterocycles. The van der Waals surface area contributed by atoms with E-state index >= 15 is 0 Å². The minimum atomic E-state index is -0.784. The number of carbonyl (C=O) groups is 2. The molecule has 13 heavy (non-hydrogen) atoms. The Morgan fingerprint density at radius 1 is 0.846 bits per heavy atom. The Kier molecular flexibility index (Phi) is 11.9. The number of aliphatic carboxylic acids is 2. The van der Waals surface area contributed by atoms with E-state index in [9.17, 15) is 9.59 Å². The molecule has 0 bridgehead atoms. The molecule has 0 aliphatic rings. The molecule has 0 amide bonds. The van der Waals surface area contributed by atoms with Gasteiger partial charge in [-0.15, -0.1) is 0 Å². The normalized spacial score (nSPS) is 8.92. The molecule has 4 nitrogen and oxygen atoms in total. The Bertz CT molecular complexity index is 145. The van der Waals surface area contributed by atoms with Crippen molar-refractivity contribution in [3.8, 4) is 0 Å². The van der Waals surface area contributed by atoms with Crippen LogP contribution in [0.25, 0.3) is 0 Å². The number of carboxylic acids is 2. The Labute approximate surface area is 101 Å². The summed E-state index contributed by atoms with van der Waals surface area (Å²) in [6.07, 6.45) is 3.28. The molecule has 0 rings (SSSR count). The summed E-state index contributed by atoms with van der Waals surface area (Å²) in [6.45, 7) is 0. The molecule has 0 aliphatic carbocycles. The summed E-state index contributed by atoms with van der Waals surface area (Å²) in [6, 6.07) is 0. The van der Waals surface area contributed by atoms with E-state index in [1.54, 1.807) is 0 Å². The Balaban J connectivity index is -0.000000605. The van der Waals surface area contributed by atoms with Gasteiger partial charge in [0.15, 0.2) is 0 Å². The van der Waals surface area contributed by atoms with E-state index in [1.807, 2.05) is 0 Å². The third-order valence-electron chi connectivity index (χ3n) is 1.53. The standard InChI is InChI=1S/C8H14O4.Na.H/c9-7(10)5-3-1-2-4-6-8(11)12;;/h1-6H2,(H,9,10)(H,11,12);;/q;+1;-1. The van der Waals surface area contributed by atoms with Gasteiger partial charge in [-0.3, -0.25) is 9.59 Å². The minimum Gasteiger partial charge on any atom is -1.00 e. The summed E-state index contributed by atoms with van der Waals surface area (Å²) in [4.78, 5) is 20.1. The van der Waals surface area contributed by atoms with Gasteiger partial charge in [0, 0.05) is 12.8 Å². The first-order chi connectivity index (χ1) is 5.63. The van der Waals surface area contributed by atoms with Gasteiger partial charge in [0.2, 0.25) is 0 Å². The van der Waals surface area contributed by atoms with Gasteiger partial charge < -0.3 is 11.6 Å². The molecule has 72 valence electrons. The second-order valence-electron chi connectivity index (χ2n) is 2.70. The van der Waals surface area contributed by atoms with Crippen molar-refractivity contribution in [3.05, 3.63) is 0 Å². The summed E-state index contributed by atoms with van der Waals surface area (Å²) in [5, 5.41) is 16.5. The maximum Gasteiger partial charge on any atom is 1.00 e. The molecule has 0 radical (unpaired) electrons. The monoisotopic (exact) mass is 198 g/mol. The van der Waals surface area contributed by atoms with Crippen molar-refractivity contribution in [1.82, 2.24) is 0 Å². The van der Waals surface area contributed by atoms with Crippen molar-refractivity contribution in [3.63, 3.8) is 0 Å². The molecule has 0 aromatic rings. The second kappa shape index (κ2) is 10.0. The van der Waals surface area contributed by atoms with Crippen LogP contribution in [0.4, 0.5) is 0 Å². The molecule has 0 aromatic carbocycles. The van der Waals surface area contributed by atoms with Gasteiger partial charge in [-0.1, -0.05) is 12.8 Å². The van der Waals surface area contributed by atoms with Crippen molar-refractivity contribution < 1.29 is 50.8 Å². The van der Waals surface area contributed by atoms with Crippen LogP contribution in [-0.2, 0) is 9.59 Å². The summed E-state index contributed by atoms with van der Waals surface area (Å²) in [5.74, 6) is -1.57. The zero-order valence-electron chi connectivity index (χ0n) is 8.95. The predicted molar refractivity (Wildman–Crippen MR) is 44.1 cm³/mol. The van der Waals surface area contributed by atoms with Gasteiger partial charge in [-0.2, -0.15) is 0 Å². The molecule has 5 heteroatoms. The van der Waals surface area contributed by atoms with E-state index < -0.39 is 11.9 Å². The van der Waals surface area contributed by atoms with Crippen LogP contribution in [0.15, 0.2) is 0 Å². The Morgan fingerprint density at radius 3 is 1.38 bits per heavy atom. The van der Waals surface area contributed by atoms with E-state index in [0.717, 1.165) is 12.8 Å². The molecule has 0 atom stereocenters.